The second kappa shape index (κ2) is 6.41. The molecule has 2 rings (SSSR count). The molecule has 2 atom stereocenters. The lowest BCUT2D eigenvalue weighted by molar-refractivity contribution is -0.150. The van der Waals surface area contributed by atoms with Crippen molar-refractivity contribution in [3.8, 4) is 5.75 Å². The van der Waals surface area contributed by atoms with Gasteiger partial charge in [-0.05, 0) is 25.0 Å². The van der Waals surface area contributed by atoms with Gasteiger partial charge >= 0.3 is 5.97 Å². The van der Waals surface area contributed by atoms with Crippen molar-refractivity contribution in [3.05, 3.63) is 30.3 Å². The maximum Gasteiger partial charge on any atom is 0.326 e. The van der Waals surface area contributed by atoms with Gasteiger partial charge in [-0.15, -0.1) is 0 Å². The lowest BCUT2D eigenvalue weighted by atomic mass is 10.1. The summed E-state index contributed by atoms with van der Waals surface area (Å²) in [5, 5.41) is 9.10. The summed E-state index contributed by atoms with van der Waals surface area (Å²) in [7, 11) is 0. The summed E-state index contributed by atoms with van der Waals surface area (Å²) in [5.74, 6) is -0.712. The SMILES string of the molecule is C[C@H](COc1ccccc1)C(=O)N1CCC[C@@H]1C(=O)O. The van der Waals surface area contributed by atoms with E-state index in [4.69, 9.17) is 9.84 Å². The van der Waals surface area contributed by atoms with E-state index in [9.17, 15) is 9.59 Å². The van der Waals surface area contributed by atoms with Gasteiger partial charge < -0.3 is 14.7 Å². The van der Waals surface area contributed by atoms with Crippen LogP contribution in [0.3, 0.4) is 0 Å². The highest BCUT2D eigenvalue weighted by Crippen LogP contribution is 2.20. The maximum absolute atomic E-state index is 12.3. The van der Waals surface area contributed by atoms with Crippen LogP contribution < -0.4 is 4.74 Å². The molecule has 20 heavy (non-hydrogen) atoms. The van der Waals surface area contributed by atoms with Crippen molar-refractivity contribution >= 4 is 11.9 Å². The van der Waals surface area contributed by atoms with Gasteiger partial charge in [0.05, 0.1) is 12.5 Å². The Morgan fingerprint density at radius 3 is 2.75 bits per heavy atom. The Morgan fingerprint density at radius 1 is 1.40 bits per heavy atom. The molecule has 1 aromatic rings. The zero-order valence-electron chi connectivity index (χ0n) is 11.5. The number of benzene rings is 1. The van der Waals surface area contributed by atoms with Gasteiger partial charge in [0, 0.05) is 6.54 Å². The lowest BCUT2D eigenvalue weighted by Gasteiger charge is -2.24. The van der Waals surface area contributed by atoms with Crippen LogP contribution in [0.5, 0.6) is 5.75 Å². The minimum atomic E-state index is -0.924. The van der Waals surface area contributed by atoms with Crippen molar-refractivity contribution in [2.45, 2.75) is 25.8 Å². The smallest absolute Gasteiger partial charge is 0.326 e. The van der Waals surface area contributed by atoms with Crippen LogP contribution in [0, 0.1) is 5.92 Å². The third kappa shape index (κ3) is 3.29. The summed E-state index contributed by atoms with van der Waals surface area (Å²) in [6.45, 7) is 2.54. The molecule has 1 fully saturated rings. The standard InChI is InChI=1S/C15H19NO4/c1-11(10-20-12-6-3-2-4-7-12)14(17)16-9-5-8-13(16)15(18)19/h2-4,6-7,11,13H,5,8-10H2,1H3,(H,18,19)/t11-,13-/m1/s1. The number of carboxylic acids is 1. The van der Waals surface area contributed by atoms with Gasteiger partial charge in [0.15, 0.2) is 0 Å². The quantitative estimate of drug-likeness (QED) is 0.890. The van der Waals surface area contributed by atoms with E-state index in [-0.39, 0.29) is 18.4 Å². The molecule has 1 heterocycles. The first-order valence-electron chi connectivity index (χ1n) is 6.80. The topological polar surface area (TPSA) is 66.8 Å². The number of amides is 1. The van der Waals surface area contributed by atoms with Crippen molar-refractivity contribution in [1.82, 2.24) is 4.90 Å². The fourth-order valence-electron chi connectivity index (χ4n) is 2.38. The zero-order chi connectivity index (χ0) is 14.5. The molecule has 108 valence electrons. The van der Waals surface area contributed by atoms with Gasteiger partial charge in [0.25, 0.3) is 0 Å². The van der Waals surface area contributed by atoms with E-state index in [1.54, 1.807) is 6.92 Å². The molecule has 1 aliphatic heterocycles. The molecule has 0 aromatic heterocycles. The largest absolute Gasteiger partial charge is 0.493 e. The molecular weight excluding hydrogens is 258 g/mol. The average molecular weight is 277 g/mol. The first-order valence-corrected chi connectivity index (χ1v) is 6.80. The molecular formula is C15H19NO4. The Bertz CT molecular complexity index is 474. The maximum atomic E-state index is 12.3. The molecule has 5 heteroatoms. The molecule has 0 saturated carbocycles. The predicted octanol–water partition coefficient (Wildman–Crippen LogP) is 1.78. The number of carboxylic acid groups (broad SMARTS) is 1. The Labute approximate surface area is 118 Å². The molecule has 1 saturated heterocycles. The Balaban J connectivity index is 1.90. The molecule has 1 amide bonds. The van der Waals surface area contributed by atoms with E-state index in [1.165, 1.54) is 4.90 Å². The number of aliphatic carboxylic acids is 1. The second-order valence-corrected chi connectivity index (χ2v) is 5.05. The van der Waals surface area contributed by atoms with E-state index >= 15 is 0 Å². The molecule has 1 aliphatic rings. The number of ether oxygens (including phenoxy) is 1. The summed E-state index contributed by atoms with van der Waals surface area (Å²) < 4.78 is 5.55. The van der Waals surface area contributed by atoms with Gasteiger partial charge in [-0.1, -0.05) is 25.1 Å². The summed E-state index contributed by atoms with van der Waals surface area (Å²) in [6, 6.07) is 8.59. The average Bonchev–Trinajstić information content (AvgIpc) is 2.94. The molecule has 0 bridgehead atoms. The minimum Gasteiger partial charge on any atom is -0.493 e. The van der Waals surface area contributed by atoms with Crippen molar-refractivity contribution in [3.63, 3.8) is 0 Å². The monoisotopic (exact) mass is 277 g/mol. The number of hydrogen-bond donors (Lipinski definition) is 1. The third-order valence-corrected chi connectivity index (χ3v) is 3.49. The fraction of sp³-hybridized carbons (Fsp3) is 0.467. The summed E-state index contributed by atoms with van der Waals surface area (Å²) in [5.41, 5.74) is 0. The van der Waals surface area contributed by atoms with Crippen molar-refractivity contribution < 1.29 is 19.4 Å². The van der Waals surface area contributed by atoms with Gasteiger partial charge in [0.1, 0.15) is 11.8 Å². The van der Waals surface area contributed by atoms with Crippen LogP contribution in [-0.2, 0) is 9.59 Å². The summed E-state index contributed by atoms with van der Waals surface area (Å²) >= 11 is 0. The highest BCUT2D eigenvalue weighted by molar-refractivity contribution is 5.85. The lowest BCUT2D eigenvalue weighted by Crippen LogP contribution is -2.44. The van der Waals surface area contributed by atoms with Crippen LogP contribution in [0.1, 0.15) is 19.8 Å². The van der Waals surface area contributed by atoms with Crippen LogP contribution in [0.4, 0.5) is 0 Å². The molecule has 0 radical (unpaired) electrons. The first kappa shape index (κ1) is 14.4. The number of carbonyl (C=O) groups is 2. The van der Waals surface area contributed by atoms with E-state index in [2.05, 4.69) is 0 Å². The molecule has 1 aromatic carbocycles. The van der Waals surface area contributed by atoms with E-state index < -0.39 is 12.0 Å². The number of rotatable bonds is 5. The molecule has 1 N–H and O–H groups in total. The molecule has 0 aliphatic carbocycles. The van der Waals surface area contributed by atoms with Gasteiger partial charge in [-0.3, -0.25) is 4.79 Å². The number of hydrogen-bond acceptors (Lipinski definition) is 3. The molecule has 5 nitrogen and oxygen atoms in total. The highest BCUT2D eigenvalue weighted by atomic mass is 16.5. The number of carbonyl (C=O) groups excluding carboxylic acids is 1. The van der Waals surface area contributed by atoms with Gasteiger partial charge in [0.2, 0.25) is 5.91 Å². The highest BCUT2D eigenvalue weighted by Gasteiger charge is 2.35. The van der Waals surface area contributed by atoms with Crippen LogP contribution in [-0.4, -0.2) is 41.1 Å². The Kier molecular flexibility index (Phi) is 4.61. The van der Waals surface area contributed by atoms with E-state index in [1.807, 2.05) is 30.3 Å². The van der Waals surface area contributed by atoms with E-state index in [0.29, 0.717) is 18.7 Å². The van der Waals surface area contributed by atoms with Crippen LogP contribution in [0.15, 0.2) is 30.3 Å². The first-order chi connectivity index (χ1) is 9.59. The van der Waals surface area contributed by atoms with Crippen LogP contribution in [0.25, 0.3) is 0 Å². The molecule has 0 spiro atoms. The Hall–Kier alpha value is -2.04. The number of likely N-dealkylation sites (tertiary alicyclic amines) is 1. The zero-order valence-corrected chi connectivity index (χ0v) is 11.5. The second-order valence-electron chi connectivity index (χ2n) is 5.05. The fourth-order valence-corrected chi connectivity index (χ4v) is 2.38. The van der Waals surface area contributed by atoms with Gasteiger partial charge in [-0.25, -0.2) is 4.79 Å². The van der Waals surface area contributed by atoms with Gasteiger partial charge in [-0.2, -0.15) is 0 Å². The predicted molar refractivity (Wildman–Crippen MR) is 73.5 cm³/mol. The molecule has 0 unspecified atom stereocenters. The number of para-hydroxylation sites is 1. The third-order valence-electron chi connectivity index (χ3n) is 3.49. The summed E-state index contributed by atoms with van der Waals surface area (Å²) in [4.78, 5) is 24.8. The minimum absolute atomic E-state index is 0.147. The van der Waals surface area contributed by atoms with Crippen LogP contribution >= 0.6 is 0 Å². The number of nitrogens with zero attached hydrogens (tertiary/aromatic N) is 1. The van der Waals surface area contributed by atoms with Crippen LogP contribution in [0.2, 0.25) is 0 Å². The summed E-state index contributed by atoms with van der Waals surface area (Å²) in [6.07, 6.45) is 1.28. The van der Waals surface area contributed by atoms with Crippen molar-refractivity contribution in [1.29, 1.82) is 0 Å². The normalized spacial score (nSPS) is 19.6. The van der Waals surface area contributed by atoms with Crippen molar-refractivity contribution in [2.75, 3.05) is 13.2 Å². The van der Waals surface area contributed by atoms with Crippen molar-refractivity contribution in [2.24, 2.45) is 5.92 Å². The van der Waals surface area contributed by atoms with E-state index in [0.717, 1.165) is 6.42 Å². The Morgan fingerprint density at radius 2 is 2.10 bits per heavy atom.